The van der Waals surface area contributed by atoms with Crippen LogP contribution in [0, 0.1) is 0 Å². The highest BCUT2D eigenvalue weighted by molar-refractivity contribution is 6.09. The first-order chi connectivity index (χ1) is 32.0. The van der Waals surface area contributed by atoms with Crippen LogP contribution in [-0.2, 0) is 21.7 Å². The van der Waals surface area contributed by atoms with Gasteiger partial charge in [-0.25, -0.2) is 0 Å². The standard InChI is InChI=1S/C66H61N/c1-63(2,3)45-38-44(39-46(41-45)64(4,5)6)48-29-18-22-42-23-19-31-52(60(42)48)51-27-13-16-36-58(51)67(59-37-21-35-57-61(59)54-28-12-15-34-56(54)65(57,7)8)47-25-17-24-43(40-47)49-30-20-32-53-50-26-11-14-33-55(50)66(9,10)62(49)53/h11-41H,1-10H3. The highest BCUT2D eigenvalue weighted by atomic mass is 15.1. The van der Waals surface area contributed by atoms with Crippen LogP contribution in [0.3, 0.4) is 0 Å². The monoisotopic (exact) mass is 867 g/mol. The van der Waals surface area contributed by atoms with Gasteiger partial charge in [-0.05, 0) is 124 Å². The Balaban J connectivity index is 1.18. The largest absolute Gasteiger partial charge is 0.309 e. The fourth-order valence-corrected chi connectivity index (χ4v) is 11.6. The Kier molecular flexibility index (Phi) is 9.74. The van der Waals surface area contributed by atoms with Crippen LogP contribution in [0.2, 0.25) is 0 Å². The minimum absolute atomic E-state index is 0.00620. The molecule has 330 valence electrons. The van der Waals surface area contributed by atoms with E-state index in [4.69, 9.17) is 0 Å². The van der Waals surface area contributed by atoms with Gasteiger partial charge >= 0.3 is 0 Å². The van der Waals surface area contributed by atoms with Crippen molar-refractivity contribution in [2.45, 2.75) is 90.9 Å². The fraction of sp³-hybridized carbons (Fsp3) is 0.212. The van der Waals surface area contributed by atoms with Crippen molar-refractivity contribution in [2.24, 2.45) is 0 Å². The van der Waals surface area contributed by atoms with Gasteiger partial charge in [0, 0.05) is 27.6 Å². The summed E-state index contributed by atoms with van der Waals surface area (Å²) in [5.74, 6) is 0. The van der Waals surface area contributed by atoms with Crippen LogP contribution in [0.25, 0.3) is 66.4 Å². The van der Waals surface area contributed by atoms with Crippen LogP contribution in [-0.4, -0.2) is 0 Å². The summed E-state index contributed by atoms with van der Waals surface area (Å²) >= 11 is 0. The van der Waals surface area contributed by atoms with E-state index in [9.17, 15) is 0 Å². The van der Waals surface area contributed by atoms with Crippen molar-refractivity contribution in [1.29, 1.82) is 0 Å². The predicted molar refractivity (Wildman–Crippen MR) is 287 cm³/mol. The van der Waals surface area contributed by atoms with Crippen LogP contribution in [0.5, 0.6) is 0 Å². The average Bonchev–Trinajstić information content (AvgIpc) is 3.71. The first-order valence-corrected chi connectivity index (χ1v) is 24.2. The second kappa shape index (κ2) is 15.3. The highest BCUT2D eigenvalue weighted by Crippen LogP contribution is 2.57. The molecule has 0 radical (unpaired) electrons. The van der Waals surface area contributed by atoms with E-state index in [0.717, 1.165) is 11.4 Å². The van der Waals surface area contributed by atoms with Gasteiger partial charge in [0.05, 0.1) is 11.4 Å². The molecule has 0 fully saturated rings. The van der Waals surface area contributed by atoms with Crippen LogP contribution >= 0.6 is 0 Å². The molecule has 9 aromatic carbocycles. The van der Waals surface area contributed by atoms with Gasteiger partial charge in [-0.2, -0.15) is 0 Å². The second-order valence-electron chi connectivity index (χ2n) is 22.2. The quantitative estimate of drug-likeness (QED) is 0.161. The third kappa shape index (κ3) is 6.80. The average molecular weight is 868 g/mol. The lowest BCUT2D eigenvalue weighted by Crippen LogP contribution is -2.17. The Morgan fingerprint density at radius 1 is 0.358 bits per heavy atom. The molecule has 0 saturated heterocycles. The topological polar surface area (TPSA) is 3.24 Å². The summed E-state index contributed by atoms with van der Waals surface area (Å²) in [5.41, 5.74) is 24.0. The molecule has 0 amide bonds. The van der Waals surface area contributed by atoms with E-state index < -0.39 is 0 Å². The number of anilines is 3. The molecule has 0 aromatic heterocycles. The molecule has 1 heteroatoms. The SMILES string of the molecule is CC(C)(C)c1cc(-c2cccc3cccc(-c4ccccc4N(c4cccc(-c5cccc6c5C(C)(C)c5ccccc5-6)c4)c4cccc5c4-c4ccccc4C5(C)C)c23)cc(C(C)(C)C)c1. The van der Waals surface area contributed by atoms with Crippen molar-refractivity contribution in [3.8, 4) is 55.6 Å². The number of rotatable bonds is 6. The van der Waals surface area contributed by atoms with E-state index in [1.807, 2.05) is 0 Å². The summed E-state index contributed by atoms with van der Waals surface area (Å²) in [4.78, 5) is 2.57. The van der Waals surface area contributed by atoms with Gasteiger partial charge in [0.15, 0.2) is 0 Å². The maximum Gasteiger partial charge on any atom is 0.0543 e. The van der Waals surface area contributed by atoms with Crippen molar-refractivity contribution in [1.82, 2.24) is 0 Å². The maximum absolute atomic E-state index is 2.57. The lowest BCUT2D eigenvalue weighted by molar-refractivity contribution is 0.569. The molecule has 0 spiro atoms. The molecule has 2 aliphatic rings. The molecule has 0 saturated carbocycles. The Labute approximate surface area is 398 Å². The third-order valence-electron chi connectivity index (χ3n) is 15.1. The summed E-state index contributed by atoms with van der Waals surface area (Å²) in [7, 11) is 0. The van der Waals surface area contributed by atoms with Crippen molar-refractivity contribution < 1.29 is 0 Å². The van der Waals surface area contributed by atoms with Crippen molar-refractivity contribution in [3.63, 3.8) is 0 Å². The lowest BCUT2D eigenvalue weighted by Gasteiger charge is -2.31. The molecular weight excluding hydrogens is 807 g/mol. The van der Waals surface area contributed by atoms with Crippen molar-refractivity contribution >= 4 is 27.8 Å². The molecule has 0 N–H and O–H groups in total. The lowest BCUT2D eigenvalue weighted by atomic mass is 9.78. The number of nitrogens with zero attached hydrogens (tertiary/aromatic N) is 1. The van der Waals surface area contributed by atoms with Gasteiger partial charge in [-0.3, -0.25) is 0 Å². The number of hydrogen-bond acceptors (Lipinski definition) is 1. The molecule has 0 heterocycles. The van der Waals surface area contributed by atoms with E-state index in [1.54, 1.807) is 0 Å². The van der Waals surface area contributed by atoms with Gasteiger partial charge in [0.25, 0.3) is 0 Å². The number of fused-ring (bicyclic) bond motifs is 7. The zero-order chi connectivity index (χ0) is 46.6. The van der Waals surface area contributed by atoms with Gasteiger partial charge in [-0.1, -0.05) is 233 Å². The Morgan fingerprint density at radius 3 is 1.57 bits per heavy atom. The van der Waals surface area contributed by atoms with Gasteiger partial charge in [0.2, 0.25) is 0 Å². The Morgan fingerprint density at radius 2 is 0.866 bits per heavy atom. The molecule has 67 heavy (non-hydrogen) atoms. The smallest absolute Gasteiger partial charge is 0.0543 e. The second-order valence-corrected chi connectivity index (χ2v) is 22.2. The summed E-state index contributed by atoms with van der Waals surface area (Å²) in [6.45, 7) is 23.5. The minimum atomic E-state index is -0.155. The van der Waals surface area contributed by atoms with Crippen LogP contribution < -0.4 is 4.90 Å². The van der Waals surface area contributed by atoms with E-state index in [2.05, 4.69) is 262 Å². The van der Waals surface area contributed by atoms with E-state index in [0.29, 0.717) is 0 Å². The number of para-hydroxylation sites is 1. The molecule has 0 aliphatic heterocycles. The van der Waals surface area contributed by atoms with Crippen molar-refractivity contribution in [2.75, 3.05) is 4.90 Å². The molecule has 0 unspecified atom stereocenters. The molecule has 0 atom stereocenters. The fourth-order valence-electron chi connectivity index (χ4n) is 11.6. The highest BCUT2D eigenvalue weighted by Gasteiger charge is 2.39. The molecule has 0 bridgehead atoms. The van der Waals surface area contributed by atoms with E-state index in [-0.39, 0.29) is 21.7 Å². The number of hydrogen-bond donors (Lipinski definition) is 0. The Hall–Kier alpha value is -6.96. The summed E-state index contributed by atoms with van der Waals surface area (Å²) in [6.07, 6.45) is 0. The van der Waals surface area contributed by atoms with Gasteiger partial charge in [-0.15, -0.1) is 0 Å². The van der Waals surface area contributed by atoms with Gasteiger partial charge < -0.3 is 4.90 Å². The molecule has 1 nitrogen and oxygen atoms in total. The summed E-state index contributed by atoms with van der Waals surface area (Å²) < 4.78 is 0. The zero-order valence-corrected chi connectivity index (χ0v) is 40.8. The van der Waals surface area contributed by atoms with Crippen molar-refractivity contribution in [3.05, 3.63) is 221 Å². The maximum atomic E-state index is 2.57. The Bertz CT molecular complexity index is 3400. The van der Waals surface area contributed by atoms with E-state index in [1.165, 1.54) is 105 Å². The van der Waals surface area contributed by atoms with Crippen LogP contribution in [0.15, 0.2) is 188 Å². The molecule has 2 aliphatic carbocycles. The molecule has 9 aromatic rings. The normalized spacial score (nSPS) is 14.4. The first kappa shape index (κ1) is 42.7. The first-order valence-electron chi connectivity index (χ1n) is 24.2. The number of benzene rings is 9. The third-order valence-corrected chi connectivity index (χ3v) is 15.1. The molecule has 11 rings (SSSR count). The van der Waals surface area contributed by atoms with E-state index >= 15 is 0 Å². The molecular formula is C66H61N. The minimum Gasteiger partial charge on any atom is -0.309 e. The summed E-state index contributed by atoms with van der Waals surface area (Å²) in [5, 5.41) is 2.50. The van der Waals surface area contributed by atoms with Crippen LogP contribution in [0.4, 0.5) is 17.1 Å². The summed E-state index contributed by atoms with van der Waals surface area (Å²) in [6, 6.07) is 71.4. The van der Waals surface area contributed by atoms with Crippen LogP contribution in [0.1, 0.15) is 103 Å². The predicted octanol–water partition coefficient (Wildman–Crippen LogP) is 18.5. The van der Waals surface area contributed by atoms with Gasteiger partial charge in [0.1, 0.15) is 0 Å². The zero-order valence-electron chi connectivity index (χ0n) is 40.8.